The molecule has 0 spiro atoms. The standard InChI is InChI=1S/C12H10O2/c1-8(13)10-7-6-9-4-2-3-5-11(9)12(10)14/h2-7,14H,1H3. The highest BCUT2D eigenvalue weighted by atomic mass is 16.3. The smallest absolute Gasteiger partial charge is 0.163 e. The molecule has 0 saturated carbocycles. The molecule has 0 aliphatic heterocycles. The van der Waals surface area contributed by atoms with Crippen LogP contribution in [-0.2, 0) is 0 Å². The first-order valence-corrected chi connectivity index (χ1v) is 4.42. The number of hydrogen-bond acceptors (Lipinski definition) is 2. The van der Waals surface area contributed by atoms with E-state index in [1.165, 1.54) is 6.92 Å². The molecule has 0 bridgehead atoms. The molecule has 0 aliphatic carbocycles. The summed E-state index contributed by atoms with van der Waals surface area (Å²) < 4.78 is 0. The van der Waals surface area contributed by atoms with Crippen LogP contribution < -0.4 is 0 Å². The molecular formula is C12H10O2. The van der Waals surface area contributed by atoms with Crippen LogP contribution in [-0.4, -0.2) is 10.9 Å². The van der Waals surface area contributed by atoms with Crippen molar-refractivity contribution < 1.29 is 9.90 Å². The van der Waals surface area contributed by atoms with Crippen LogP contribution in [0, 0.1) is 0 Å². The van der Waals surface area contributed by atoms with Gasteiger partial charge in [0.05, 0.1) is 5.56 Å². The Morgan fingerprint density at radius 1 is 1.14 bits per heavy atom. The molecule has 1 N–H and O–H groups in total. The van der Waals surface area contributed by atoms with Gasteiger partial charge in [-0.1, -0.05) is 30.3 Å². The third-order valence-corrected chi connectivity index (χ3v) is 2.28. The van der Waals surface area contributed by atoms with Crippen LogP contribution in [0.15, 0.2) is 36.4 Å². The Balaban J connectivity index is 2.81. The van der Waals surface area contributed by atoms with E-state index in [-0.39, 0.29) is 11.5 Å². The van der Waals surface area contributed by atoms with Crippen LogP contribution in [0.3, 0.4) is 0 Å². The Morgan fingerprint density at radius 3 is 2.57 bits per heavy atom. The molecule has 2 rings (SSSR count). The second-order valence-corrected chi connectivity index (χ2v) is 3.24. The van der Waals surface area contributed by atoms with Gasteiger partial charge in [-0.2, -0.15) is 0 Å². The summed E-state index contributed by atoms with van der Waals surface area (Å²) >= 11 is 0. The monoisotopic (exact) mass is 186 g/mol. The second kappa shape index (κ2) is 3.14. The largest absolute Gasteiger partial charge is 0.507 e. The minimum atomic E-state index is -0.117. The zero-order chi connectivity index (χ0) is 10.1. The SMILES string of the molecule is CC(=O)c1ccc2ccccc2c1O. The van der Waals surface area contributed by atoms with Gasteiger partial charge in [0, 0.05) is 5.39 Å². The summed E-state index contributed by atoms with van der Waals surface area (Å²) in [5, 5.41) is 11.5. The zero-order valence-electron chi connectivity index (χ0n) is 7.82. The molecule has 0 atom stereocenters. The van der Waals surface area contributed by atoms with Gasteiger partial charge in [0.15, 0.2) is 5.78 Å². The molecule has 70 valence electrons. The lowest BCUT2D eigenvalue weighted by molar-refractivity contribution is 0.101. The molecule has 0 aromatic heterocycles. The molecule has 2 aromatic rings. The van der Waals surface area contributed by atoms with Crippen molar-refractivity contribution in [1.82, 2.24) is 0 Å². The minimum Gasteiger partial charge on any atom is -0.507 e. The Bertz CT molecular complexity index is 501. The lowest BCUT2D eigenvalue weighted by Crippen LogP contribution is -1.92. The van der Waals surface area contributed by atoms with Crippen LogP contribution in [0.4, 0.5) is 0 Å². The summed E-state index contributed by atoms with van der Waals surface area (Å²) in [5.74, 6) is -0.0381. The molecular weight excluding hydrogens is 176 g/mol. The van der Waals surface area contributed by atoms with E-state index in [1.807, 2.05) is 24.3 Å². The van der Waals surface area contributed by atoms with Gasteiger partial charge < -0.3 is 5.11 Å². The number of fused-ring (bicyclic) bond motifs is 1. The highest BCUT2D eigenvalue weighted by Crippen LogP contribution is 2.28. The molecule has 2 nitrogen and oxygen atoms in total. The van der Waals surface area contributed by atoms with Gasteiger partial charge >= 0.3 is 0 Å². The van der Waals surface area contributed by atoms with Crippen molar-refractivity contribution in [2.24, 2.45) is 0 Å². The molecule has 2 heteroatoms. The normalized spacial score (nSPS) is 10.4. The zero-order valence-corrected chi connectivity index (χ0v) is 7.82. The highest BCUT2D eigenvalue weighted by molar-refractivity contribution is 6.03. The summed E-state index contributed by atoms with van der Waals surface area (Å²) in [4.78, 5) is 11.1. The maximum Gasteiger partial charge on any atom is 0.163 e. The summed E-state index contributed by atoms with van der Waals surface area (Å²) in [5.41, 5.74) is 0.378. The lowest BCUT2D eigenvalue weighted by Gasteiger charge is -2.04. The van der Waals surface area contributed by atoms with Crippen LogP contribution in [0.1, 0.15) is 17.3 Å². The van der Waals surface area contributed by atoms with Crippen molar-refractivity contribution in [2.75, 3.05) is 0 Å². The third-order valence-electron chi connectivity index (χ3n) is 2.28. The third kappa shape index (κ3) is 1.25. The lowest BCUT2D eigenvalue weighted by atomic mass is 10.0. The molecule has 0 heterocycles. The van der Waals surface area contributed by atoms with Crippen molar-refractivity contribution >= 4 is 16.6 Å². The molecule has 0 radical (unpaired) electrons. The number of rotatable bonds is 1. The summed E-state index contributed by atoms with van der Waals surface area (Å²) in [6.45, 7) is 1.45. The van der Waals surface area contributed by atoms with Crippen molar-refractivity contribution in [2.45, 2.75) is 6.92 Å². The van der Waals surface area contributed by atoms with E-state index in [1.54, 1.807) is 12.1 Å². The predicted molar refractivity (Wildman–Crippen MR) is 55.6 cm³/mol. The van der Waals surface area contributed by atoms with Gasteiger partial charge in [-0.3, -0.25) is 4.79 Å². The van der Waals surface area contributed by atoms with E-state index in [9.17, 15) is 9.90 Å². The number of Topliss-reactive ketones (excluding diaryl/α,β-unsaturated/α-hetero) is 1. The van der Waals surface area contributed by atoms with E-state index < -0.39 is 0 Å². The first-order valence-electron chi connectivity index (χ1n) is 4.42. The van der Waals surface area contributed by atoms with Crippen molar-refractivity contribution in [1.29, 1.82) is 0 Å². The number of hydrogen-bond donors (Lipinski definition) is 1. The van der Waals surface area contributed by atoms with Crippen LogP contribution >= 0.6 is 0 Å². The van der Waals surface area contributed by atoms with Gasteiger partial charge in [0.2, 0.25) is 0 Å². The molecule has 14 heavy (non-hydrogen) atoms. The van der Waals surface area contributed by atoms with Gasteiger partial charge in [-0.25, -0.2) is 0 Å². The molecule has 2 aromatic carbocycles. The van der Waals surface area contributed by atoms with Crippen LogP contribution in [0.25, 0.3) is 10.8 Å². The Kier molecular flexibility index (Phi) is 1.97. The number of phenols is 1. The average molecular weight is 186 g/mol. The predicted octanol–water partition coefficient (Wildman–Crippen LogP) is 2.75. The molecule has 0 aliphatic rings. The Morgan fingerprint density at radius 2 is 1.86 bits per heavy atom. The van der Waals surface area contributed by atoms with E-state index in [0.717, 1.165) is 10.8 Å². The average Bonchev–Trinajstić information content (AvgIpc) is 2.18. The van der Waals surface area contributed by atoms with Gasteiger partial charge in [0.1, 0.15) is 5.75 Å². The topological polar surface area (TPSA) is 37.3 Å². The molecule has 0 fully saturated rings. The van der Waals surface area contributed by atoms with Crippen molar-refractivity contribution in [3.05, 3.63) is 42.0 Å². The number of ketones is 1. The number of aromatic hydroxyl groups is 1. The summed E-state index contributed by atoms with van der Waals surface area (Å²) in [6.07, 6.45) is 0. The van der Waals surface area contributed by atoms with E-state index in [2.05, 4.69) is 0 Å². The van der Waals surface area contributed by atoms with E-state index in [0.29, 0.717) is 5.56 Å². The highest BCUT2D eigenvalue weighted by Gasteiger charge is 2.08. The number of benzene rings is 2. The quantitative estimate of drug-likeness (QED) is 0.695. The van der Waals surface area contributed by atoms with Crippen LogP contribution in [0.2, 0.25) is 0 Å². The summed E-state index contributed by atoms with van der Waals surface area (Å²) in [6, 6.07) is 10.9. The first kappa shape index (κ1) is 8.75. The fourth-order valence-corrected chi connectivity index (χ4v) is 1.54. The fourth-order valence-electron chi connectivity index (χ4n) is 1.54. The maximum absolute atomic E-state index is 11.1. The van der Waals surface area contributed by atoms with Gasteiger partial charge in [-0.05, 0) is 18.4 Å². The Labute approximate surface area is 81.8 Å². The summed E-state index contributed by atoms with van der Waals surface area (Å²) in [7, 11) is 0. The minimum absolute atomic E-state index is 0.0793. The fraction of sp³-hybridized carbons (Fsp3) is 0.0833. The van der Waals surface area contributed by atoms with Gasteiger partial charge in [-0.15, -0.1) is 0 Å². The van der Waals surface area contributed by atoms with Crippen molar-refractivity contribution in [3.63, 3.8) is 0 Å². The molecule has 0 saturated heterocycles. The van der Waals surface area contributed by atoms with Crippen LogP contribution in [0.5, 0.6) is 5.75 Å². The number of carbonyl (C=O) groups is 1. The molecule has 0 unspecified atom stereocenters. The number of carbonyl (C=O) groups excluding carboxylic acids is 1. The van der Waals surface area contributed by atoms with Crippen molar-refractivity contribution in [3.8, 4) is 5.75 Å². The maximum atomic E-state index is 11.1. The van der Waals surface area contributed by atoms with E-state index in [4.69, 9.17) is 0 Å². The molecule has 0 amide bonds. The van der Waals surface area contributed by atoms with E-state index >= 15 is 0 Å². The van der Waals surface area contributed by atoms with Gasteiger partial charge in [0.25, 0.3) is 0 Å². The Hall–Kier alpha value is -1.83. The first-order chi connectivity index (χ1) is 6.70. The second-order valence-electron chi connectivity index (χ2n) is 3.24. The number of phenolic OH excluding ortho intramolecular Hbond substituents is 1.